The monoisotopic (exact) mass is 531 g/mol. The van der Waals surface area contributed by atoms with Gasteiger partial charge < -0.3 is 5.11 Å². The molecule has 0 aliphatic heterocycles. The fourth-order valence-corrected chi connectivity index (χ4v) is 4.40. The molecule has 1 aromatic carbocycles. The zero-order chi connectivity index (χ0) is 22.2. The number of phenols is 1. The van der Waals surface area contributed by atoms with Crippen molar-refractivity contribution in [2.75, 3.05) is 0 Å². The van der Waals surface area contributed by atoms with Crippen LogP contribution in [0.4, 0.5) is 0 Å². The Morgan fingerprint density at radius 3 is 1.90 bits per heavy atom. The Kier molecular flexibility index (Phi) is 16.6. The van der Waals surface area contributed by atoms with Crippen molar-refractivity contribution in [3.63, 3.8) is 0 Å². The first kappa shape index (κ1) is 28.2. The van der Waals surface area contributed by atoms with Gasteiger partial charge in [0.15, 0.2) is 0 Å². The molecule has 0 radical (unpaired) electrons. The molecule has 1 aromatic rings. The van der Waals surface area contributed by atoms with Gasteiger partial charge in [0.1, 0.15) is 5.75 Å². The second-order valence-corrected chi connectivity index (χ2v) is 12.3. The van der Waals surface area contributed by atoms with E-state index in [0.717, 1.165) is 24.0 Å². The number of phenolic OH excluding ortho intramolecular Hbond substituents is 1. The van der Waals surface area contributed by atoms with Gasteiger partial charge in [0.25, 0.3) is 0 Å². The van der Waals surface area contributed by atoms with Crippen molar-refractivity contribution in [3.05, 3.63) is 28.8 Å². The van der Waals surface area contributed by atoms with Crippen LogP contribution in [0.3, 0.4) is 0 Å². The molecule has 1 fully saturated rings. The summed E-state index contributed by atoms with van der Waals surface area (Å²) in [5, 5.41) is 11.0. The van der Waals surface area contributed by atoms with Crippen molar-refractivity contribution in [1.82, 2.24) is 0 Å². The third-order valence-corrected chi connectivity index (χ3v) is 6.23. The van der Waals surface area contributed by atoms with E-state index in [4.69, 9.17) is 22.0 Å². The second kappa shape index (κ2) is 17.7. The number of hydrogen-bond acceptors (Lipinski definition) is 2. The van der Waals surface area contributed by atoms with E-state index in [0.29, 0.717) is 17.7 Å². The number of aromatic hydroxyl groups is 1. The summed E-state index contributed by atoms with van der Waals surface area (Å²) in [6, 6.07) is 4.66. The van der Waals surface area contributed by atoms with E-state index in [1.807, 2.05) is 6.21 Å². The number of benzene rings is 1. The number of hydrogen-bond donors (Lipinski definition) is 1. The van der Waals surface area contributed by atoms with Gasteiger partial charge in [0.05, 0.1) is 0 Å². The standard InChI is InChI=1S/C25H41NO.2ClH.Zr/c1-4-23(5-2)26-19-22-17-20(3)18-24(25(22)27)21-15-13-11-9-7-6-8-10-12-14-16-21;;;/h17-19,21,23,27H,4-16H2,1-3H3;2*1H;/q;;;+2/p-2. The van der Waals surface area contributed by atoms with Crippen LogP contribution < -0.4 is 0 Å². The summed E-state index contributed by atoms with van der Waals surface area (Å²) >= 11 is -0.826. The molecule has 2 nitrogen and oxygen atoms in total. The average Bonchev–Trinajstić information content (AvgIpc) is 2.72. The Morgan fingerprint density at radius 2 is 1.43 bits per heavy atom. The van der Waals surface area contributed by atoms with Gasteiger partial charge in [-0.3, -0.25) is 4.99 Å². The summed E-state index contributed by atoms with van der Waals surface area (Å²) in [5.74, 6) is 0.969. The maximum absolute atomic E-state index is 11.0. The van der Waals surface area contributed by atoms with Gasteiger partial charge in [-0.15, -0.1) is 0 Å². The molecule has 0 amide bonds. The molecule has 5 heteroatoms. The molecule has 30 heavy (non-hydrogen) atoms. The Labute approximate surface area is 203 Å². The van der Waals surface area contributed by atoms with E-state index >= 15 is 0 Å². The Bertz CT molecular complexity index is 593. The average molecular weight is 534 g/mol. The van der Waals surface area contributed by atoms with Crippen molar-refractivity contribution < 1.29 is 26.0 Å². The van der Waals surface area contributed by atoms with Crippen LogP contribution in [0.15, 0.2) is 17.1 Å². The van der Waals surface area contributed by atoms with Crippen molar-refractivity contribution in [2.45, 2.75) is 116 Å². The van der Waals surface area contributed by atoms with Gasteiger partial charge in [0, 0.05) is 17.8 Å². The zero-order valence-corrected chi connectivity index (χ0v) is 23.2. The molecule has 1 aliphatic rings. The van der Waals surface area contributed by atoms with Crippen LogP contribution in [0, 0.1) is 6.92 Å². The van der Waals surface area contributed by atoms with Gasteiger partial charge >= 0.3 is 37.9 Å². The molecule has 2 rings (SSSR count). The van der Waals surface area contributed by atoms with Gasteiger partial charge in [-0.2, -0.15) is 0 Å². The molecular weight excluding hydrogens is 492 g/mol. The fraction of sp³-hybridized carbons (Fsp3) is 0.720. The zero-order valence-electron chi connectivity index (χ0n) is 19.2. The van der Waals surface area contributed by atoms with Crippen LogP contribution in [-0.4, -0.2) is 17.4 Å². The number of rotatable bonds is 5. The van der Waals surface area contributed by atoms with Crippen LogP contribution in [0.25, 0.3) is 0 Å². The van der Waals surface area contributed by atoms with Crippen molar-refractivity contribution in [2.24, 2.45) is 4.99 Å². The molecule has 0 aromatic heterocycles. The van der Waals surface area contributed by atoms with E-state index in [-0.39, 0.29) is 0 Å². The van der Waals surface area contributed by atoms with Crippen molar-refractivity contribution in [3.8, 4) is 5.75 Å². The molecule has 0 spiro atoms. The number of nitrogens with zero attached hydrogens (tertiary/aromatic N) is 1. The molecule has 1 N–H and O–H groups in total. The van der Waals surface area contributed by atoms with Crippen molar-refractivity contribution in [1.29, 1.82) is 0 Å². The van der Waals surface area contributed by atoms with Crippen LogP contribution in [0.5, 0.6) is 5.75 Å². The molecule has 0 saturated heterocycles. The van der Waals surface area contributed by atoms with Crippen molar-refractivity contribution >= 4 is 23.2 Å². The van der Waals surface area contributed by atoms with E-state index in [1.54, 1.807) is 0 Å². The molecule has 0 bridgehead atoms. The van der Waals surface area contributed by atoms with Crippen LogP contribution in [0.1, 0.15) is 120 Å². The van der Waals surface area contributed by atoms with E-state index in [2.05, 4.69) is 32.9 Å². The maximum atomic E-state index is 11.0. The van der Waals surface area contributed by atoms with Crippen LogP contribution in [-0.2, 0) is 20.8 Å². The van der Waals surface area contributed by atoms with Gasteiger partial charge in [-0.05, 0) is 55.7 Å². The SMILES string of the molecule is CCC(CC)N=Cc1cc(C)cc(C2CCCCCCCCCCC2)c1O.[Cl][Zr][Cl]. The third kappa shape index (κ3) is 11.1. The summed E-state index contributed by atoms with van der Waals surface area (Å²) < 4.78 is 0. The molecule has 1 saturated carbocycles. The van der Waals surface area contributed by atoms with Gasteiger partial charge in [-0.1, -0.05) is 77.7 Å². The van der Waals surface area contributed by atoms with Crippen LogP contribution >= 0.6 is 17.0 Å². The van der Waals surface area contributed by atoms with Gasteiger partial charge in [-0.25, -0.2) is 0 Å². The number of aryl methyl sites for hydroxylation is 1. The third-order valence-electron chi connectivity index (χ3n) is 6.23. The number of aliphatic imine (C=N–C) groups is 1. The van der Waals surface area contributed by atoms with Gasteiger partial charge in [0.2, 0.25) is 0 Å². The molecule has 1 aliphatic carbocycles. The fourth-order valence-electron chi connectivity index (χ4n) is 4.40. The first-order chi connectivity index (χ1) is 14.6. The molecule has 0 heterocycles. The van der Waals surface area contributed by atoms with E-state index < -0.39 is 20.8 Å². The summed E-state index contributed by atoms with van der Waals surface area (Å²) in [6.07, 6.45) is 18.7. The Morgan fingerprint density at radius 1 is 0.967 bits per heavy atom. The first-order valence-electron chi connectivity index (χ1n) is 11.9. The summed E-state index contributed by atoms with van der Waals surface area (Å²) in [7, 11) is 9.87. The van der Waals surface area contributed by atoms with E-state index in [1.165, 1.54) is 76.2 Å². The summed E-state index contributed by atoms with van der Waals surface area (Å²) in [6.45, 7) is 6.50. The van der Waals surface area contributed by atoms with Crippen LogP contribution in [0.2, 0.25) is 0 Å². The molecule has 0 unspecified atom stereocenters. The Balaban J connectivity index is 0.00000141. The Hall–Kier alpha value is 0.153. The molecule has 0 atom stereocenters. The summed E-state index contributed by atoms with van der Waals surface area (Å²) in [4.78, 5) is 4.72. The molecule has 170 valence electrons. The second-order valence-electron chi connectivity index (χ2n) is 8.57. The number of halogens is 2. The van der Waals surface area contributed by atoms with E-state index in [9.17, 15) is 5.11 Å². The normalized spacial score (nSPS) is 17.1. The quantitative estimate of drug-likeness (QED) is 0.376. The predicted molar refractivity (Wildman–Crippen MR) is 130 cm³/mol. The topological polar surface area (TPSA) is 32.6 Å². The molecular formula is C25H41Cl2NOZr. The first-order valence-corrected chi connectivity index (χ1v) is 18.2. The summed E-state index contributed by atoms with van der Waals surface area (Å²) in [5.41, 5.74) is 3.31. The minimum absolute atomic E-state index is 0.356. The predicted octanol–water partition coefficient (Wildman–Crippen LogP) is 9.07. The minimum atomic E-state index is -0.826.